The fourth-order valence-corrected chi connectivity index (χ4v) is 3.22. The highest BCUT2D eigenvalue weighted by Crippen LogP contribution is 2.24. The SMILES string of the molecule is CCCC/C=C\CCCCCCCCCc1cccc(OC)c1C(=O)O. The lowest BCUT2D eigenvalue weighted by Crippen LogP contribution is -2.05. The van der Waals surface area contributed by atoms with Gasteiger partial charge in [0.2, 0.25) is 0 Å². The van der Waals surface area contributed by atoms with Gasteiger partial charge in [-0.3, -0.25) is 0 Å². The number of allylic oxidation sites excluding steroid dienone is 2. The van der Waals surface area contributed by atoms with Gasteiger partial charge in [0.25, 0.3) is 0 Å². The molecule has 0 radical (unpaired) electrons. The van der Waals surface area contributed by atoms with Crippen LogP contribution in [0.3, 0.4) is 0 Å². The van der Waals surface area contributed by atoms with Crippen molar-refractivity contribution >= 4 is 5.97 Å². The predicted molar refractivity (Wildman–Crippen MR) is 109 cm³/mol. The van der Waals surface area contributed by atoms with Crippen LogP contribution < -0.4 is 4.74 Å². The largest absolute Gasteiger partial charge is 0.496 e. The number of hydrogen-bond acceptors (Lipinski definition) is 2. The fraction of sp³-hybridized carbons (Fsp3) is 0.609. The van der Waals surface area contributed by atoms with Crippen LogP contribution in [-0.4, -0.2) is 18.2 Å². The van der Waals surface area contributed by atoms with Gasteiger partial charge in [-0.15, -0.1) is 0 Å². The third-order valence-corrected chi connectivity index (χ3v) is 4.75. The summed E-state index contributed by atoms with van der Waals surface area (Å²) in [6, 6.07) is 5.49. The average molecular weight is 361 g/mol. The molecular formula is C23H36O3. The number of methoxy groups -OCH3 is 1. The molecule has 0 atom stereocenters. The van der Waals surface area contributed by atoms with Gasteiger partial charge >= 0.3 is 5.97 Å². The molecule has 3 nitrogen and oxygen atoms in total. The van der Waals surface area contributed by atoms with E-state index >= 15 is 0 Å². The zero-order valence-electron chi connectivity index (χ0n) is 16.6. The monoisotopic (exact) mass is 360 g/mol. The molecule has 1 aromatic rings. The van der Waals surface area contributed by atoms with E-state index in [0.717, 1.165) is 24.8 Å². The molecule has 1 rings (SSSR count). The molecule has 0 saturated carbocycles. The van der Waals surface area contributed by atoms with Crippen LogP contribution in [0.5, 0.6) is 5.75 Å². The van der Waals surface area contributed by atoms with Gasteiger partial charge in [0.1, 0.15) is 11.3 Å². The van der Waals surface area contributed by atoms with Crippen molar-refractivity contribution in [1.82, 2.24) is 0 Å². The van der Waals surface area contributed by atoms with Crippen molar-refractivity contribution in [1.29, 1.82) is 0 Å². The average Bonchev–Trinajstić information content (AvgIpc) is 2.65. The Bertz CT molecular complexity index is 534. The molecule has 0 amide bonds. The second-order valence-corrected chi connectivity index (χ2v) is 6.93. The van der Waals surface area contributed by atoms with Crippen LogP contribution in [0.25, 0.3) is 0 Å². The molecule has 26 heavy (non-hydrogen) atoms. The van der Waals surface area contributed by atoms with Crippen LogP contribution in [0.4, 0.5) is 0 Å². The summed E-state index contributed by atoms with van der Waals surface area (Å²) >= 11 is 0. The van der Waals surface area contributed by atoms with Gasteiger partial charge in [0.15, 0.2) is 0 Å². The summed E-state index contributed by atoms with van der Waals surface area (Å²) in [6.07, 6.45) is 19.1. The topological polar surface area (TPSA) is 46.5 Å². The van der Waals surface area contributed by atoms with E-state index in [1.165, 1.54) is 64.9 Å². The van der Waals surface area contributed by atoms with Crippen LogP contribution >= 0.6 is 0 Å². The van der Waals surface area contributed by atoms with Crippen LogP contribution in [0.15, 0.2) is 30.4 Å². The number of rotatable bonds is 15. The van der Waals surface area contributed by atoms with E-state index in [0.29, 0.717) is 11.3 Å². The van der Waals surface area contributed by atoms with Gasteiger partial charge in [-0.25, -0.2) is 4.79 Å². The van der Waals surface area contributed by atoms with Crippen LogP contribution in [0, 0.1) is 0 Å². The Balaban J connectivity index is 2.11. The fourth-order valence-electron chi connectivity index (χ4n) is 3.22. The molecule has 0 fully saturated rings. The lowest BCUT2D eigenvalue weighted by molar-refractivity contribution is 0.0692. The van der Waals surface area contributed by atoms with Crippen molar-refractivity contribution < 1.29 is 14.6 Å². The minimum absolute atomic E-state index is 0.321. The Morgan fingerprint density at radius 3 is 2.19 bits per heavy atom. The maximum absolute atomic E-state index is 11.5. The van der Waals surface area contributed by atoms with Crippen LogP contribution in [0.2, 0.25) is 0 Å². The second kappa shape index (κ2) is 14.4. The minimum Gasteiger partial charge on any atom is -0.496 e. The summed E-state index contributed by atoms with van der Waals surface area (Å²) in [6.45, 7) is 2.23. The van der Waals surface area contributed by atoms with Crippen molar-refractivity contribution in [2.45, 2.75) is 84.0 Å². The smallest absolute Gasteiger partial charge is 0.339 e. The van der Waals surface area contributed by atoms with Crippen LogP contribution in [0.1, 0.15) is 93.5 Å². The Morgan fingerprint density at radius 2 is 1.58 bits per heavy atom. The standard InChI is InChI=1S/C23H36O3/c1-3-4-5-6-7-8-9-10-11-12-13-14-15-17-20-18-16-19-21(26-2)22(20)23(24)25/h6-7,16,18-19H,3-5,8-15,17H2,1-2H3,(H,24,25)/b7-6-. The number of carboxylic acid groups (broad SMARTS) is 1. The van der Waals surface area contributed by atoms with Crippen molar-refractivity contribution in [2.75, 3.05) is 7.11 Å². The zero-order valence-corrected chi connectivity index (χ0v) is 16.6. The molecule has 1 N–H and O–H groups in total. The predicted octanol–water partition coefficient (Wildman–Crippen LogP) is 6.80. The van der Waals surface area contributed by atoms with Gasteiger partial charge in [-0.05, 0) is 43.7 Å². The Hall–Kier alpha value is -1.77. The molecule has 0 aromatic heterocycles. The van der Waals surface area contributed by atoms with Gasteiger partial charge < -0.3 is 9.84 Å². The van der Waals surface area contributed by atoms with Crippen molar-refractivity contribution in [3.63, 3.8) is 0 Å². The van der Waals surface area contributed by atoms with Crippen LogP contribution in [-0.2, 0) is 6.42 Å². The molecule has 0 spiro atoms. The Morgan fingerprint density at radius 1 is 0.962 bits per heavy atom. The second-order valence-electron chi connectivity index (χ2n) is 6.93. The minimum atomic E-state index is -0.902. The van der Waals surface area contributed by atoms with Gasteiger partial charge in [0.05, 0.1) is 7.11 Å². The van der Waals surface area contributed by atoms with Gasteiger partial charge in [-0.2, -0.15) is 0 Å². The van der Waals surface area contributed by atoms with Crippen molar-refractivity contribution in [3.05, 3.63) is 41.5 Å². The number of benzene rings is 1. The quantitative estimate of drug-likeness (QED) is 0.276. The number of carboxylic acids is 1. The zero-order chi connectivity index (χ0) is 19.0. The first-order valence-electron chi connectivity index (χ1n) is 10.2. The van der Waals surface area contributed by atoms with E-state index in [1.54, 1.807) is 6.07 Å². The number of aryl methyl sites for hydroxylation is 1. The molecule has 0 unspecified atom stereocenters. The highest BCUT2D eigenvalue weighted by molar-refractivity contribution is 5.92. The summed E-state index contributed by atoms with van der Waals surface area (Å²) in [5.74, 6) is -0.445. The number of carbonyl (C=O) groups is 1. The molecule has 0 saturated heterocycles. The van der Waals surface area contributed by atoms with E-state index < -0.39 is 5.97 Å². The van der Waals surface area contributed by atoms with Crippen molar-refractivity contribution in [3.8, 4) is 5.75 Å². The first-order valence-corrected chi connectivity index (χ1v) is 10.2. The maximum Gasteiger partial charge on any atom is 0.339 e. The molecule has 3 heteroatoms. The molecule has 0 bridgehead atoms. The first-order chi connectivity index (χ1) is 12.7. The van der Waals surface area contributed by atoms with E-state index in [-0.39, 0.29) is 0 Å². The number of hydrogen-bond donors (Lipinski definition) is 1. The van der Waals surface area contributed by atoms with Gasteiger partial charge in [0, 0.05) is 0 Å². The molecule has 0 aliphatic carbocycles. The third kappa shape index (κ3) is 9.07. The molecule has 0 aliphatic rings. The lowest BCUT2D eigenvalue weighted by atomic mass is 9.99. The van der Waals surface area contributed by atoms with E-state index in [4.69, 9.17) is 4.74 Å². The normalized spacial score (nSPS) is 11.2. The molecular weight excluding hydrogens is 324 g/mol. The summed E-state index contributed by atoms with van der Waals surface area (Å²) in [5, 5.41) is 9.40. The molecule has 0 heterocycles. The third-order valence-electron chi connectivity index (χ3n) is 4.75. The Labute approximate surface area is 159 Å². The summed E-state index contributed by atoms with van der Waals surface area (Å²) < 4.78 is 5.18. The maximum atomic E-state index is 11.5. The molecule has 146 valence electrons. The highest BCUT2D eigenvalue weighted by Gasteiger charge is 2.15. The summed E-state index contributed by atoms with van der Waals surface area (Å²) in [4.78, 5) is 11.5. The Kier molecular flexibility index (Phi) is 12.3. The number of ether oxygens (including phenoxy) is 1. The molecule has 1 aromatic carbocycles. The number of aromatic carboxylic acids is 1. The van der Waals surface area contributed by atoms with E-state index in [2.05, 4.69) is 19.1 Å². The highest BCUT2D eigenvalue weighted by atomic mass is 16.5. The summed E-state index contributed by atoms with van der Waals surface area (Å²) in [5.41, 5.74) is 1.20. The van der Waals surface area contributed by atoms with E-state index in [9.17, 15) is 9.90 Å². The van der Waals surface area contributed by atoms with E-state index in [1.807, 2.05) is 12.1 Å². The first kappa shape index (κ1) is 22.3. The van der Waals surface area contributed by atoms with Crippen molar-refractivity contribution in [2.24, 2.45) is 0 Å². The number of unbranched alkanes of at least 4 members (excludes halogenated alkanes) is 9. The lowest BCUT2D eigenvalue weighted by Gasteiger charge is -2.10. The summed E-state index contributed by atoms with van der Waals surface area (Å²) in [7, 11) is 1.52. The molecule has 0 aliphatic heterocycles. The van der Waals surface area contributed by atoms with Gasteiger partial charge in [-0.1, -0.05) is 76.2 Å².